The minimum atomic E-state index is -0.644. The molecule has 0 radical (unpaired) electrons. The molecule has 3 N–H and O–H groups in total. The van der Waals surface area contributed by atoms with Crippen LogP contribution in [0.2, 0.25) is 0 Å². The molecule has 1 unspecified atom stereocenters. The molecule has 0 amide bonds. The monoisotopic (exact) mass is 234 g/mol. The third-order valence-corrected chi connectivity index (χ3v) is 2.66. The fraction of sp³-hybridized carbons (Fsp3) is 0.462. The highest BCUT2D eigenvalue weighted by atomic mass is 16.3. The molecule has 1 aromatic heterocycles. The first-order valence-electron chi connectivity index (χ1n) is 5.71. The molecular formula is C13H18N2O2. The lowest BCUT2D eigenvalue weighted by molar-refractivity contribution is 0.187. The quantitative estimate of drug-likeness (QED) is 0.834. The van der Waals surface area contributed by atoms with Gasteiger partial charge >= 0.3 is 0 Å². The highest BCUT2D eigenvalue weighted by Gasteiger charge is 2.21. The van der Waals surface area contributed by atoms with Crippen molar-refractivity contribution in [3.05, 3.63) is 29.7 Å². The molecule has 2 rings (SSSR count). The third kappa shape index (κ3) is 2.33. The molecule has 0 fully saturated rings. The number of fused-ring (bicyclic) bond motifs is 1. The molecule has 0 bridgehead atoms. The topological polar surface area (TPSA) is 72.3 Å². The van der Waals surface area contributed by atoms with Gasteiger partial charge in [-0.05, 0) is 17.7 Å². The third-order valence-electron chi connectivity index (χ3n) is 2.66. The molecule has 0 spiro atoms. The summed E-state index contributed by atoms with van der Waals surface area (Å²) in [6.07, 6.45) is -0.644. The molecular weight excluding hydrogens is 216 g/mol. The number of nitrogens with zero attached hydrogens (tertiary/aromatic N) is 1. The maximum Gasteiger partial charge on any atom is 0.200 e. The fourth-order valence-electron chi connectivity index (χ4n) is 1.61. The van der Waals surface area contributed by atoms with E-state index in [0.717, 1.165) is 16.7 Å². The van der Waals surface area contributed by atoms with Crippen molar-refractivity contribution >= 4 is 11.1 Å². The van der Waals surface area contributed by atoms with Crippen LogP contribution in [-0.4, -0.2) is 16.6 Å². The second kappa shape index (κ2) is 4.13. The Morgan fingerprint density at radius 2 is 2.12 bits per heavy atom. The molecule has 4 nitrogen and oxygen atoms in total. The zero-order valence-electron chi connectivity index (χ0n) is 10.4. The molecule has 0 saturated carbocycles. The molecule has 0 aliphatic heterocycles. The SMILES string of the molecule is CC(C)(C)c1nc2cc(C(O)CN)ccc2o1. The zero-order chi connectivity index (χ0) is 12.6. The van der Waals surface area contributed by atoms with Gasteiger partial charge in [0.2, 0.25) is 5.89 Å². The maximum atomic E-state index is 9.67. The zero-order valence-corrected chi connectivity index (χ0v) is 10.4. The summed E-state index contributed by atoms with van der Waals surface area (Å²) in [5.41, 5.74) is 7.58. The van der Waals surface area contributed by atoms with Gasteiger partial charge in [0.05, 0.1) is 6.10 Å². The van der Waals surface area contributed by atoms with Crippen molar-refractivity contribution < 1.29 is 9.52 Å². The predicted octanol–water partition coefficient (Wildman–Crippen LogP) is 2.12. The van der Waals surface area contributed by atoms with E-state index in [-0.39, 0.29) is 12.0 Å². The number of hydrogen-bond acceptors (Lipinski definition) is 4. The molecule has 1 heterocycles. The van der Waals surface area contributed by atoms with Gasteiger partial charge in [0.1, 0.15) is 5.52 Å². The van der Waals surface area contributed by atoms with E-state index < -0.39 is 6.10 Å². The molecule has 92 valence electrons. The first-order valence-corrected chi connectivity index (χ1v) is 5.71. The van der Waals surface area contributed by atoms with Crippen LogP contribution < -0.4 is 5.73 Å². The molecule has 0 saturated heterocycles. The summed E-state index contributed by atoms with van der Waals surface area (Å²) >= 11 is 0. The lowest BCUT2D eigenvalue weighted by atomic mass is 9.97. The second-order valence-electron chi connectivity index (χ2n) is 5.25. The second-order valence-corrected chi connectivity index (χ2v) is 5.25. The number of aliphatic hydroxyl groups excluding tert-OH is 1. The van der Waals surface area contributed by atoms with E-state index in [2.05, 4.69) is 4.98 Å². The average molecular weight is 234 g/mol. The minimum absolute atomic E-state index is 0.119. The van der Waals surface area contributed by atoms with Gasteiger partial charge in [0, 0.05) is 12.0 Å². The van der Waals surface area contributed by atoms with E-state index in [4.69, 9.17) is 10.2 Å². The van der Waals surface area contributed by atoms with Gasteiger partial charge < -0.3 is 15.3 Å². The van der Waals surface area contributed by atoms with Crippen LogP contribution in [0.1, 0.15) is 38.3 Å². The number of aliphatic hydroxyl groups is 1. The lowest BCUT2D eigenvalue weighted by Crippen LogP contribution is -2.11. The lowest BCUT2D eigenvalue weighted by Gasteiger charge is -2.11. The van der Waals surface area contributed by atoms with Gasteiger partial charge in [-0.3, -0.25) is 0 Å². The van der Waals surface area contributed by atoms with E-state index in [1.807, 2.05) is 39.0 Å². The van der Waals surface area contributed by atoms with Crippen molar-refractivity contribution in [1.29, 1.82) is 0 Å². The van der Waals surface area contributed by atoms with Crippen molar-refractivity contribution in [2.24, 2.45) is 5.73 Å². The Morgan fingerprint density at radius 1 is 1.41 bits per heavy atom. The Bertz CT molecular complexity index is 526. The average Bonchev–Trinajstić information content (AvgIpc) is 2.70. The van der Waals surface area contributed by atoms with Crippen LogP contribution in [0.4, 0.5) is 0 Å². The molecule has 17 heavy (non-hydrogen) atoms. The Hall–Kier alpha value is -1.39. The summed E-state index contributed by atoms with van der Waals surface area (Å²) in [5, 5.41) is 9.67. The van der Waals surface area contributed by atoms with Gasteiger partial charge in [0.15, 0.2) is 5.58 Å². The van der Waals surface area contributed by atoms with Crippen molar-refractivity contribution in [2.45, 2.75) is 32.3 Å². The van der Waals surface area contributed by atoms with Crippen LogP contribution in [0.15, 0.2) is 22.6 Å². The van der Waals surface area contributed by atoms with Crippen LogP contribution in [0.5, 0.6) is 0 Å². The number of hydrogen-bond donors (Lipinski definition) is 2. The van der Waals surface area contributed by atoms with Crippen LogP contribution in [-0.2, 0) is 5.41 Å². The number of benzene rings is 1. The molecule has 2 aromatic rings. The maximum absolute atomic E-state index is 9.67. The summed E-state index contributed by atoms with van der Waals surface area (Å²) in [4.78, 5) is 4.44. The van der Waals surface area contributed by atoms with Crippen molar-refractivity contribution in [2.75, 3.05) is 6.54 Å². The minimum Gasteiger partial charge on any atom is -0.440 e. The van der Waals surface area contributed by atoms with Gasteiger partial charge in [-0.25, -0.2) is 4.98 Å². The van der Waals surface area contributed by atoms with Crippen molar-refractivity contribution in [3.8, 4) is 0 Å². The molecule has 0 aliphatic rings. The van der Waals surface area contributed by atoms with Gasteiger partial charge in [-0.2, -0.15) is 0 Å². The Kier molecular flexibility index (Phi) is 2.93. The van der Waals surface area contributed by atoms with Crippen molar-refractivity contribution in [1.82, 2.24) is 4.98 Å². The van der Waals surface area contributed by atoms with Gasteiger partial charge in [-0.1, -0.05) is 26.8 Å². The molecule has 1 aromatic carbocycles. The Balaban J connectivity index is 2.48. The number of aromatic nitrogens is 1. The summed E-state index contributed by atoms with van der Waals surface area (Å²) in [6.45, 7) is 6.35. The van der Waals surface area contributed by atoms with Crippen LogP contribution in [0.3, 0.4) is 0 Å². The summed E-state index contributed by atoms with van der Waals surface area (Å²) in [7, 11) is 0. The predicted molar refractivity (Wildman–Crippen MR) is 66.7 cm³/mol. The molecule has 1 atom stereocenters. The summed E-state index contributed by atoms with van der Waals surface area (Å²) in [5.74, 6) is 0.701. The molecule has 4 heteroatoms. The number of rotatable bonds is 2. The fourth-order valence-corrected chi connectivity index (χ4v) is 1.61. The number of oxazole rings is 1. The highest BCUT2D eigenvalue weighted by molar-refractivity contribution is 5.73. The first-order chi connectivity index (χ1) is 7.91. The molecule has 0 aliphatic carbocycles. The van der Waals surface area contributed by atoms with E-state index in [1.165, 1.54) is 0 Å². The van der Waals surface area contributed by atoms with Crippen LogP contribution in [0, 0.1) is 0 Å². The Labute approximate surface area is 100 Å². The highest BCUT2D eigenvalue weighted by Crippen LogP contribution is 2.27. The van der Waals surface area contributed by atoms with E-state index in [9.17, 15) is 5.11 Å². The van der Waals surface area contributed by atoms with Gasteiger partial charge in [-0.15, -0.1) is 0 Å². The van der Waals surface area contributed by atoms with E-state index in [0.29, 0.717) is 5.89 Å². The van der Waals surface area contributed by atoms with Crippen LogP contribution >= 0.6 is 0 Å². The van der Waals surface area contributed by atoms with Crippen molar-refractivity contribution in [3.63, 3.8) is 0 Å². The Morgan fingerprint density at radius 3 is 2.71 bits per heavy atom. The normalized spacial score (nSPS) is 14.2. The van der Waals surface area contributed by atoms with Gasteiger partial charge in [0.25, 0.3) is 0 Å². The van der Waals surface area contributed by atoms with E-state index in [1.54, 1.807) is 0 Å². The number of nitrogens with two attached hydrogens (primary N) is 1. The standard InChI is InChI=1S/C13H18N2O2/c1-13(2,3)12-15-9-6-8(10(16)7-14)4-5-11(9)17-12/h4-6,10,16H,7,14H2,1-3H3. The summed E-state index contributed by atoms with van der Waals surface area (Å²) < 4.78 is 5.68. The smallest absolute Gasteiger partial charge is 0.200 e. The summed E-state index contributed by atoms with van der Waals surface area (Å²) in [6, 6.07) is 5.47. The van der Waals surface area contributed by atoms with E-state index >= 15 is 0 Å². The van der Waals surface area contributed by atoms with Crippen LogP contribution in [0.25, 0.3) is 11.1 Å². The first kappa shape index (κ1) is 12.1. The largest absolute Gasteiger partial charge is 0.440 e.